The Morgan fingerprint density at radius 2 is 1.46 bits per heavy atom. The minimum atomic E-state index is -4.08. The zero-order valence-electron chi connectivity index (χ0n) is 23.6. The molecule has 3 rings (SSSR count). The van der Waals surface area contributed by atoms with Crippen LogP contribution in [0, 0.1) is 26.7 Å². The van der Waals surface area contributed by atoms with E-state index in [1.54, 1.807) is 31.2 Å². The number of sulfonamides is 1. The first-order valence-electron chi connectivity index (χ1n) is 13.2. The van der Waals surface area contributed by atoms with E-state index >= 15 is 0 Å². The zero-order chi connectivity index (χ0) is 28.7. The summed E-state index contributed by atoms with van der Waals surface area (Å²) in [4.78, 5) is 28.6. The molecule has 0 aliphatic heterocycles. The Morgan fingerprint density at radius 3 is 2.08 bits per heavy atom. The molecule has 1 atom stereocenters. The van der Waals surface area contributed by atoms with Crippen LogP contribution in [0.3, 0.4) is 0 Å². The lowest BCUT2D eigenvalue weighted by Crippen LogP contribution is -2.51. The van der Waals surface area contributed by atoms with Crippen molar-refractivity contribution in [1.29, 1.82) is 0 Å². The number of anilines is 1. The number of aryl methyl sites for hydroxylation is 3. The number of hydrogen-bond acceptors (Lipinski definition) is 4. The fraction of sp³-hybridized carbons (Fsp3) is 0.355. The van der Waals surface area contributed by atoms with Crippen LogP contribution >= 0.6 is 0 Å². The number of carbonyl (C=O) groups is 2. The van der Waals surface area contributed by atoms with E-state index in [2.05, 4.69) is 5.32 Å². The molecule has 0 heterocycles. The van der Waals surface area contributed by atoms with Crippen molar-refractivity contribution in [3.8, 4) is 0 Å². The van der Waals surface area contributed by atoms with Crippen molar-refractivity contribution in [3.63, 3.8) is 0 Å². The van der Waals surface area contributed by atoms with Gasteiger partial charge in [-0.1, -0.05) is 74.0 Å². The standard InChI is InChI=1S/C31H39N3O4S/c1-22(2)19-32-31(36)26(6)33(20-27-16-13-23(3)14-17-27)30(35)21-34(29-18-24(4)12-15-25(29)5)39(37,38)28-10-8-7-9-11-28/h7-18,22,26H,19-21H2,1-6H3,(H,32,36)/t26-/m1/s1. The van der Waals surface area contributed by atoms with Crippen molar-refractivity contribution in [2.45, 2.75) is 59.0 Å². The Bertz CT molecular complexity index is 1390. The minimum absolute atomic E-state index is 0.0894. The Morgan fingerprint density at radius 1 is 0.846 bits per heavy atom. The van der Waals surface area contributed by atoms with Crippen molar-refractivity contribution in [2.24, 2.45) is 5.92 Å². The van der Waals surface area contributed by atoms with Crippen molar-refractivity contribution in [2.75, 3.05) is 17.4 Å². The van der Waals surface area contributed by atoms with Gasteiger partial charge in [0.2, 0.25) is 11.8 Å². The maximum absolute atomic E-state index is 14.0. The topological polar surface area (TPSA) is 86.8 Å². The number of nitrogens with one attached hydrogen (secondary N) is 1. The van der Waals surface area contributed by atoms with Crippen molar-refractivity contribution < 1.29 is 18.0 Å². The van der Waals surface area contributed by atoms with Crippen LogP contribution in [0.4, 0.5) is 5.69 Å². The van der Waals surface area contributed by atoms with E-state index in [1.165, 1.54) is 17.0 Å². The molecule has 3 aromatic carbocycles. The Balaban J connectivity index is 2.03. The Hall–Kier alpha value is -3.65. The molecule has 3 aromatic rings. The van der Waals surface area contributed by atoms with Gasteiger partial charge in [0.05, 0.1) is 10.6 Å². The highest BCUT2D eigenvalue weighted by Gasteiger charge is 2.33. The average Bonchev–Trinajstić information content (AvgIpc) is 2.91. The van der Waals surface area contributed by atoms with E-state index in [-0.39, 0.29) is 23.3 Å². The minimum Gasteiger partial charge on any atom is -0.354 e. The second kappa shape index (κ2) is 12.9. The molecule has 208 valence electrons. The molecule has 0 fully saturated rings. The highest BCUT2D eigenvalue weighted by Crippen LogP contribution is 2.28. The second-order valence-electron chi connectivity index (χ2n) is 10.4. The molecular weight excluding hydrogens is 510 g/mol. The molecular formula is C31H39N3O4S. The third-order valence-corrected chi connectivity index (χ3v) is 8.34. The smallest absolute Gasteiger partial charge is 0.264 e. The fourth-order valence-electron chi connectivity index (χ4n) is 4.15. The van der Waals surface area contributed by atoms with Crippen molar-refractivity contribution >= 4 is 27.5 Å². The second-order valence-corrected chi connectivity index (χ2v) is 12.3. The number of hydrogen-bond donors (Lipinski definition) is 1. The van der Waals surface area contributed by atoms with Crippen LogP contribution in [-0.4, -0.2) is 44.3 Å². The summed E-state index contributed by atoms with van der Waals surface area (Å²) in [6.07, 6.45) is 0. The summed E-state index contributed by atoms with van der Waals surface area (Å²) in [5.74, 6) is -0.505. The molecule has 8 heteroatoms. The molecule has 0 aliphatic carbocycles. The van der Waals surface area contributed by atoms with Crippen LogP contribution < -0.4 is 9.62 Å². The number of rotatable bonds is 11. The average molecular weight is 550 g/mol. The number of benzene rings is 3. The molecule has 39 heavy (non-hydrogen) atoms. The van der Waals surface area contributed by atoms with Gasteiger partial charge >= 0.3 is 0 Å². The van der Waals surface area contributed by atoms with E-state index in [0.29, 0.717) is 12.2 Å². The summed E-state index contributed by atoms with van der Waals surface area (Å²) in [7, 11) is -4.08. The monoisotopic (exact) mass is 549 g/mol. The molecule has 0 spiro atoms. The van der Waals surface area contributed by atoms with E-state index < -0.39 is 28.5 Å². The Kier molecular flexibility index (Phi) is 9.92. The van der Waals surface area contributed by atoms with Crippen molar-refractivity contribution in [1.82, 2.24) is 10.2 Å². The largest absolute Gasteiger partial charge is 0.354 e. The molecule has 1 N–H and O–H groups in total. The van der Waals surface area contributed by atoms with Gasteiger partial charge in [-0.3, -0.25) is 13.9 Å². The lowest BCUT2D eigenvalue weighted by atomic mass is 10.1. The lowest BCUT2D eigenvalue weighted by molar-refractivity contribution is -0.139. The van der Waals surface area contributed by atoms with Crippen LogP contribution in [0.1, 0.15) is 43.0 Å². The maximum atomic E-state index is 14.0. The summed E-state index contributed by atoms with van der Waals surface area (Å²) in [6.45, 7) is 11.5. The van der Waals surface area contributed by atoms with Crippen LogP contribution in [0.25, 0.3) is 0 Å². The van der Waals surface area contributed by atoms with Gasteiger partial charge in [0.1, 0.15) is 12.6 Å². The lowest BCUT2D eigenvalue weighted by Gasteiger charge is -2.32. The van der Waals surface area contributed by atoms with Gasteiger partial charge in [-0.25, -0.2) is 8.42 Å². The first-order valence-corrected chi connectivity index (χ1v) is 14.6. The van der Waals surface area contributed by atoms with Gasteiger partial charge in [0.15, 0.2) is 0 Å². The summed E-state index contributed by atoms with van der Waals surface area (Å²) >= 11 is 0. The first kappa shape index (κ1) is 29.9. The fourth-order valence-corrected chi connectivity index (χ4v) is 5.64. The molecule has 0 radical (unpaired) electrons. The SMILES string of the molecule is Cc1ccc(CN(C(=O)CN(c2cc(C)ccc2C)S(=O)(=O)c2ccccc2)[C@H](C)C(=O)NCC(C)C)cc1. The third-order valence-electron chi connectivity index (χ3n) is 6.57. The number of nitrogens with zero attached hydrogens (tertiary/aromatic N) is 2. The van der Waals surface area contributed by atoms with Gasteiger partial charge in [-0.15, -0.1) is 0 Å². The summed E-state index contributed by atoms with van der Waals surface area (Å²) in [5.41, 5.74) is 3.95. The van der Waals surface area contributed by atoms with Crippen molar-refractivity contribution in [3.05, 3.63) is 95.1 Å². The summed E-state index contributed by atoms with van der Waals surface area (Å²) in [5, 5.41) is 2.91. The highest BCUT2D eigenvalue weighted by atomic mass is 32.2. The third kappa shape index (κ3) is 7.69. The van der Waals surface area contributed by atoms with E-state index in [4.69, 9.17) is 0 Å². The Labute approximate surface area is 232 Å². The maximum Gasteiger partial charge on any atom is 0.264 e. The normalized spacial score (nSPS) is 12.2. The quantitative estimate of drug-likeness (QED) is 0.365. The van der Waals surface area contributed by atoms with Gasteiger partial charge in [0, 0.05) is 13.1 Å². The van der Waals surface area contributed by atoms with Crippen LogP contribution in [-0.2, 0) is 26.2 Å². The van der Waals surface area contributed by atoms with Gasteiger partial charge in [-0.2, -0.15) is 0 Å². The molecule has 0 saturated carbocycles. The van der Waals surface area contributed by atoms with Crippen LogP contribution in [0.15, 0.2) is 77.7 Å². The highest BCUT2D eigenvalue weighted by molar-refractivity contribution is 7.92. The predicted octanol–water partition coefficient (Wildman–Crippen LogP) is 5.00. The molecule has 0 saturated heterocycles. The van der Waals surface area contributed by atoms with Gasteiger partial charge < -0.3 is 10.2 Å². The van der Waals surface area contributed by atoms with Crippen LogP contribution in [0.5, 0.6) is 0 Å². The number of amides is 2. The molecule has 0 aromatic heterocycles. The zero-order valence-corrected chi connectivity index (χ0v) is 24.5. The molecule has 0 bridgehead atoms. The van der Waals surface area contributed by atoms with Gasteiger partial charge in [0.25, 0.3) is 10.0 Å². The molecule has 0 unspecified atom stereocenters. The van der Waals surface area contributed by atoms with E-state index in [0.717, 1.165) is 26.6 Å². The van der Waals surface area contributed by atoms with E-state index in [1.807, 2.05) is 71.0 Å². The molecule has 2 amide bonds. The predicted molar refractivity (Wildman–Crippen MR) is 156 cm³/mol. The van der Waals surface area contributed by atoms with Gasteiger partial charge in [-0.05, 0) is 68.5 Å². The van der Waals surface area contributed by atoms with E-state index in [9.17, 15) is 18.0 Å². The first-order chi connectivity index (χ1) is 18.4. The van der Waals surface area contributed by atoms with Crippen LogP contribution in [0.2, 0.25) is 0 Å². The molecule has 0 aliphatic rings. The number of carbonyl (C=O) groups excluding carboxylic acids is 2. The summed E-state index contributed by atoms with van der Waals surface area (Å²) < 4.78 is 29.0. The molecule has 7 nitrogen and oxygen atoms in total. The summed E-state index contributed by atoms with van der Waals surface area (Å²) in [6, 6.07) is 20.5.